The number of anilines is 1. The molecule has 0 saturated heterocycles. The molecule has 2 aromatic heterocycles. The highest BCUT2D eigenvalue weighted by Gasteiger charge is 2.29. The predicted molar refractivity (Wildman–Crippen MR) is 125 cm³/mol. The lowest BCUT2D eigenvalue weighted by atomic mass is 10.1. The molecule has 2 N–H and O–H groups in total. The second-order valence-electron chi connectivity index (χ2n) is 7.00. The van der Waals surface area contributed by atoms with E-state index in [1.54, 1.807) is 18.0 Å². The van der Waals surface area contributed by atoms with E-state index in [1.165, 1.54) is 0 Å². The Kier molecular flexibility index (Phi) is 5.61. The van der Waals surface area contributed by atoms with Gasteiger partial charge in [0.05, 0.1) is 17.5 Å². The van der Waals surface area contributed by atoms with E-state index in [4.69, 9.17) is 4.74 Å². The van der Waals surface area contributed by atoms with Gasteiger partial charge in [-0.1, -0.05) is 64.9 Å². The van der Waals surface area contributed by atoms with Crippen LogP contribution in [0.3, 0.4) is 0 Å². The van der Waals surface area contributed by atoms with Crippen molar-refractivity contribution >= 4 is 33.4 Å². The van der Waals surface area contributed by atoms with Gasteiger partial charge in [-0.2, -0.15) is 10.1 Å². The van der Waals surface area contributed by atoms with E-state index >= 15 is 0 Å². The Morgan fingerprint density at radius 3 is 2.84 bits per heavy atom. The highest BCUT2D eigenvalue weighted by molar-refractivity contribution is 9.10. The molecule has 0 saturated carbocycles. The number of ether oxygens (including phenoxy) is 1. The van der Waals surface area contributed by atoms with Crippen LogP contribution in [0, 0.1) is 0 Å². The normalized spacial score (nSPS) is 14.7. The summed E-state index contributed by atoms with van der Waals surface area (Å²) < 4.78 is 7.33. The first-order valence-corrected chi connectivity index (χ1v) is 11.7. The van der Waals surface area contributed by atoms with Gasteiger partial charge in [-0.15, -0.1) is 10.2 Å². The molecule has 0 amide bonds. The lowest BCUT2D eigenvalue weighted by molar-refractivity contribution is 0.226. The van der Waals surface area contributed by atoms with E-state index in [1.807, 2.05) is 48.5 Å². The van der Waals surface area contributed by atoms with Gasteiger partial charge in [0.25, 0.3) is 0 Å². The molecule has 1 atom stereocenters. The second-order valence-corrected chi connectivity index (χ2v) is 8.97. The number of benzene rings is 2. The number of aromatic nitrogens is 5. The number of rotatable bonds is 5. The van der Waals surface area contributed by atoms with Gasteiger partial charge in [0, 0.05) is 27.0 Å². The zero-order valence-electron chi connectivity index (χ0n) is 16.7. The van der Waals surface area contributed by atoms with Gasteiger partial charge in [-0.05, 0) is 24.6 Å². The average Bonchev–Trinajstić information content (AvgIpc) is 3.23. The van der Waals surface area contributed by atoms with E-state index < -0.39 is 6.23 Å². The van der Waals surface area contributed by atoms with Crippen molar-refractivity contribution in [2.45, 2.75) is 24.7 Å². The highest BCUT2D eigenvalue weighted by atomic mass is 79.9. The number of thioether (sulfide) groups is 1. The largest absolute Gasteiger partial charge is 0.448 e. The van der Waals surface area contributed by atoms with Gasteiger partial charge in [0.1, 0.15) is 0 Å². The molecule has 9 heteroatoms. The maximum atomic E-state index is 6.39. The van der Waals surface area contributed by atoms with Crippen molar-refractivity contribution in [3.05, 3.63) is 64.8 Å². The van der Waals surface area contributed by atoms with Crippen molar-refractivity contribution in [3.63, 3.8) is 0 Å². The Bertz CT molecular complexity index is 1220. The number of nitrogens with zero attached hydrogens (tertiary/aromatic N) is 4. The molecule has 2 aromatic carbocycles. The van der Waals surface area contributed by atoms with Crippen molar-refractivity contribution in [1.82, 2.24) is 25.4 Å². The third-order valence-corrected chi connectivity index (χ3v) is 6.37. The fraction of sp³-hybridized carbons (Fsp3) is 0.182. The van der Waals surface area contributed by atoms with Crippen molar-refractivity contribution in [2.75, 3.05) is 11.1 Å². The lowest BCUT2D eigenvalue weighted by Gasteiger charge is -2.19. The monoisotopic (exact) mass is 494 g/mol. The molecule has 3 heterocycles. The Balaban J connectivity index is 1.61. The summed E-state index contributed by atoms with van der Waals surface area (Å²) in [4.78, 5) is 4.68. The van der Waals surface area contributed by atoms with Gasteiger partial charge in [0.15, 0.2) is 5.69 Å². The number of H-pyrrole nitrogens is 1. The fourth-order valence-electron chi connectivity index (χ4n) is 3.40. The number of hydrogen-bond donors (Lipinski definition) is 2. The number of aromatic amines is 1. The number of halogens is 1. The zero-order chi connectivity index (χ0) is 21.2. The minimum absolute atomic E-state index is 0.447. The zero-order valence-corrected chi connectivity index (χ0v) is 19.1. The summed E-state index contributed by atoms with van der Waals surface area (Å²) in [5.74, 6) is 1.37. The molecule has 7 nitrogen and oxygen atoms in total. The standard InChI is InChI=1S/C22H19BrN6OS/c1-2-10-31-22-26-21-19(28-29-22)15-11-14(23)8-9-17(15)25-20(30-21)16-12-24-27-18(16)13-6-4-3-5-7-13/h3-9,11-12,20,25H,2,10H2,1H3,(H,24,27)/t20-/m1/s1. The topological polar surface area (TPSA) is 88.6 Å². The highest BCUT2D eigenvalue weighted by Crippen LogP contribution is 2.42. The molecule has 0 bridgehead atoms. The molecule has 1 aliphatic heterocycles. The van der Waals surface area contributed by atoms with Crippen LogP contribution in [0.4, 0.5) is 5.69 Å². The molecule has 1 aliphatic rings. The minimum Gasteiger partial charge on any atom is -0.448 e. The van der Waals surface area contributed by atoms with Gasteiger partial charge in [0.2, 0.25) is 17.3 Å². The number of fused-ring (bicyclic) bond motifs is 3. The Morgan fingerprint density at radius 1 is 1.13 bits per heavy atom. The molecule has 156 valence electrons. The second kappa shape index (κ2) is 8.68. The summed E-state index contributed by atoms with van der Waals surface area (Å²) in [5.41, 5.74) is 5.18. The summed E-state index contributed by atoms with van der Waals surface area (Å²) in [6.45, 7) is 2.12. The van der Waals surface area contributed by atoms with Crippen LogP contribution < -0.4 is 10.1 Å². The first kappa shape index (κ1) is 20.0. The Labute approximate surface area is 192 Å². The summed E-state index contributed by atoms with van der Waals surface area (Å²) in [6, 6.07) is 16.0. The fourth-order valence-corrected chi connectivity index (χ4v) is 4.39. The lowest BCUT2D eigenvalue weighted by Crippen LogP contribution is -2.17. The van der Waals surface area contributed by atoms with Crippen LogP contribution in [0.25, 0.3) is 22.5 Å². The number of nitrogens with one attached hydrogen (secondary N) is 2. The summed E-state index contributed by atoms with van der Waals surface area (Å²) in [6.07, 6.45) is 2.31. The van der Waals surface area contributed by atoms with Crippen LogP contribution in [-0.4, -0.2) is 31.1 Å². The van der Waals surface area contributed by atoms with E-state index in [9.17, 15) is 0 Å². The first-order chi connectivity index (χ1) is 15.2. The molecule has 4 aromatic rings. The van der Waals surface area contributed by atoms with Gasteiger partial charge in [-0.25, -0.2) is 0 Å². The molecular weight excluding hydrogens is 476 g/mol. The summed E-state index contributed by atoms with van der Waals surface area (Å²) >= 11 is 5.13. The minimum atomic E-state index is -0.504. The van der Waals surface area contributed by atoms with Crippen LogP contribution in [0.5, 0.6) is 5.88 Å². The molecule has 0 aliphatic carbocycles. The van der Waals surface area contributed by atoms with Crippen LogP contribution in [-0.2, 0) is 0 Å². The van der Waals surface area contributed by atoms with Crippen molar-refractivity contribution in [1.29, 1.82) is 0 Å². The SMILES string of the molecule is CCCSc1nnc2c(n1)O[C@H](c1cn[nH]c1-c1ccccc1)Nc1ccc(Br)cc1-2. The molecule has 5 rings (SSSR count). The maximum absolute atomic E-state index is 6.39. The molecule has 0 spiro atoms. The average molecular weight is 495 g/mol. The van der Waals surface area contributed by atoms with Crippen LogP contribution in [0.1, 0.15) is 25.1 Å². The first-order valence-electron chi connectivity index (χ1n) is 9.92. The van der Waals surface area contributed by atoms with Crippen LogP contribution in [0.2, 0.25) is 0 Å². The van der Waals surface area contributed by atoms with Crippen LogP contribution >= 0.6 is 27.7 Å². The van der Waals surface area contributed by atoms with Crippen molar-refractivity contribution < 1.29 is 4.74 Å². The molecular formula is C22H19BrN6OS. The quantitative estimate of drug-likeness (QED) is 0.344. The van der Waals surface area contributed by atoms with Gasteiger partial charge >= 0.3 is 0 Å². The van der Waals surface area contributed by atoms with Crippen LogP contribution in [0.15, 0.2) is 64.4 Å². The predicted octanol–water partition coefficient (Wildman–Crippen LogP) is 5.70. The maximum Gasteiger partial charge on any atom is 0.247 e. The van der Waals surface area contributed by atoms with Crippen molar-refractivity contribution in [3.8, 4) is 28.4 Å². The van der Waals surface area contributed by atoms with E-state index in [-0.39, 0.29) is 0 Å². The summed E-state index contributed by atoms with van der Waals surface area (Å²) in [7, 11) is 0. The third kappa shape index (κ3) is 4.03. The summed E-state index contributed by atoms with van der Waals surface area (Å²) in [5, 5.41) is 20.3. The van der Waals surface area contributed by atoms with E-state index in [0.29, 0.717) is 16.7 Å². The van der Waals surface area contributed by atoms with Crippen molar-refractivity contribution in [2.24, 2.45) is 0 Å². The van der Waals surface area contributed by atoms with E-state index in [0.717, 1.165) is 44.7 Å². The van der Waals surface area contributed by atoms with E-state index in [2.05, 4.69) is 53.5 Å². The molecule has 0 radical (unpaired) electrons. The molecule has 31 heavy (non-hydrogen) atoms. The Morgan fingerprint density at radius 2 is 2.00 bits per heavy atom. The van der Waals surface area contributed by atoms with Gasteiger partial charge < -0.3 is 10.1 Å². The smallest absolute Gasteiger partial charge is 0.247 e. The van der Waals surface area contributed by atoms with Gasteiger partial charge in [-0.3, -0.25) is 5.10 Å². The number of hydrogen-bond acceptors (Lipinski definition) is 7. The molecule has 0 unspecified atom stereocenters. The third-order valence-electron chi connectivity index (χ3n) is 4.84. The molecule has 0 fully saturated rings. The Hall–Kier alpha value is -2.91.